The molecule has 0 bridgehead atoms. The molecule has 2 rings (SSSR count). The molecule has 1 aliphatic rings. The van der Waals surface area contributed by atoms with E-state index in [1.807, 2.05) is 0 Å². The third-order valence-corrected chi connectivity index (χ3v) is 3.85. The van der Waals surface area contributed by atoms with E-state index in [9.17, 15) is 9.50 Å². The quantitative estimate of drug-likeness (QED) is 0.839. The van der Waals surface area contributed by atoms with Gasteiger partial charge in [-0.1, -0.05) is 24.4 Å². The molecule has 0 radical (unpaired) electrons. The van der Waals surface area contributed by atoms with Crippen LogP contribution in [0.3, 0.4) is 0 Å². The van der Waals surface area contributed by atoms with Gasteiger partial charge in [0.05, 0.1) is 5.02 Å². The summed E-state index contributed by atoms with van der Waals surface area (Å²) in [7, 11) is 0. The summed E-state index contributed by atoms with van der Waals surface area (Å²) < 4.78 is 13.2. The van der Waals surface area contributed by atoms with E-state index in [0.29, 0.717) is 12.1 Å². The molecule has 0 amide bonds. The van der Waals surface area contributed by atoms with Crippen molar-refractivity contribution >= 4 is 11.6 Å². The van der Waals surface area contributed by atoms with Gasteiger partial charge in [0.1, 0.15) is 11.6 Å². The van der Waals surface area contributed by atoms with Crippen LogP contribution >= 0.6 is 11.6 Å². The maximum atomic E-state index is 13.2. The van der Waals surface area contributed by atoms with Crippen LogP contribution in [0.4, 0.5) is 4.39 Å². The van der Waals surface area contributed by atoms with E-state index in [1.165, 1.54) is 6.07 Å². The molecule has 88 valence electrons. The molecule has 0 saturated heterocycles. The smallest absolute Gasteiger partial charge is 0.145 e. The highest BCUT2D eigenvalue weighted by molar-refractivity contribution is 6.30. The maximum absolute atomic E-state index is 13.2. The van der Waals surface area contributed by atoms with Gasteiger partial charge in [0.15, 0.2) is 0 Å². The molecule has 1 fully saturated rings. The van der Waals surface area contributed by atoms with E-state index in [0.717, 1.165) is 31.7 Å². The zero-order valence-corrected chi connectivity index (χ0v) is 9.73. The first-order valence-corrected chi connectivity index (χ1v) is 5.85. The van der Waals surface area contributed by atoms with Gasteiger partial charge in [0.2, 0.25) is 0 Å². The monoisotopic (exact) mass is 243 g/mol. The molecule has 2 nitrogen and oxygen atoms in total. The van der Waals surface area contributed by atoms with Crippen LogP contribution in [-0.4, -0.2) is 11.7 Å². The summed E-state index contributed by atoms with van der Waals surface area (Å²) in [4.78, 5) is 0. The lowest BCUT2D eigenvalue weighted by molar-refractivity contribution is 0.402. The second-order valence-corrected chi connectivity index (χ2v) is 4.88. The van der Waals surface area contributed by atoms with Crippen molar-refractivity contribution in [1.29, 1.82) is 0 Å². The second-order valence-electron chi connectivity index (χ2n) is 4.48. The molecule has 3 N–H and O–H groups in total. The SMILES string of the molecule is NCC1(c2cc(Cl)c(F)cc2O)CCCC1. The minimum atomic E-state index is -0.590. The van der Waals surface area contributed by atoms with Crippen molar-refractivity contribution in [3.63, 3.8) is 0 Å². The zero-order valence-electron chi connectivity index (χ0n) is 8.97. The summed E-state index contributed by atoms with van der Waals surface area (Å²) in [5, 5.41) is 9.87. The summed E-state index contributed by atoms with van der Waals surface area (Å²) in [6, 6.07) is 2.60. The highest BCUT2D eigenvalue weighted by Gasteiger charge is 2.36. The number of benzene rings is 1. The molecule has 0 unspecified atom stereocenters. The Morgan fingerprint density at radius 2 is 2.00 bits per heavy atom. The Morgan fingerprint density at radius 3 is 2.56 bits per heavy atom. The van der Waals surface area contributed by atoms with Crippen molar-refractivity contribution in [3.05, 3.63) is 28.5 Å². The normalized spacial score (nSPS) is 18.9. The Labute approximate surface area is 99.2 Å². The van der Waals surface area contributed by atoms with Crippen molar-refractivity contribution in [1.82, 2.24) is 0 Å². The van der Waals surface area contributed by atoms with Crippen molar-refractivity contribution in [3.8, 4) is 5.75 Å². The molecule has 0 atom stereocenters. The average Bonchev–Trinajstić information content (AvgIpc) is 2.73. The number of aromatic hydroxyl groups is 1. The van der Waals surface area contributed by atoms with E-state index in [-0.39, 0.29) is 16.2 Å². The lowest BCUT2D eigenvalue weighted by Crippen LogP contribution is -2.32. The minimum Gasteiger partial charge on any atom is -0.508 e. The fourth-order valence-electron chi connectivity index (χ4n) is 2.60. The number of hydrogen-bond donors (Lipinski definition) is 2. The molecule has 0 heterocycles. The lowest BCUT2D eigenvalue weighted by atomic mass is 9.78. The maximum Gasteiger partial charge on any atom is 0.145 e. The van der Waals surface area contributed by atoms with E-state index in [2.05, 4.69) is 0 Å². The Bertz CT molecular complexity index is 402. The van der Waals surface area contributed by atoms with E-state index in [4.69, 9.17) is 17.3 Å². The highest BCUT2D eigenvalue weighted by atomic mass is 35.5. The fraction of sp³-hybridized carbons (Fsp3) is 0.500. The fourth-order valence-corrected chi connectivity index (χ4v) is 2.76. The average molecular weight is 244 g/mol. The third kappa shape index (κ3) is 1.78. The Kier molecular flexibility index (Phi) is 3.08. The van der Waals surface area contributed by atoms with E-state index < -0.39 is 5.82 Å². The van der Waals surface area contributed by atoms with Gasteiger partial charge in [-0.3, -0.25) is 0 Å². The number of nitrogens with two attached hydrogens (primary N) is 1. The van der Waals surface area contributed by atoms with Crippen LogP contribution in [-0.2, 0) is 5.41 Å². The van der Waals surface area contributed by atoms with Gasteiger partial charge in [-0.2, -0.15) is 0 Å². The van der Waals surface area contributed by atoms with Crippen LogP contribution in [0.25, 0.3) is 0 Å². The van der Waals surface area contributed by atoms with Crippen LogP contribution in [0, 0.1) is 5.82 Å². The number of halogens is 2. The number of phenolic OH excluding ortho intramolecular Hbond substituents is 1. The van der Waals surface area contributed by atoms with Crippen LogP contribution in [0.15, 0.2) is 12.1 Å². The van der Waals surface area contributed by atoms with Gasteiger partial charge in [-0.15, -0.1) is 0 Å². The molecule has 1 aromatic carbocycles. The zero-order chi connectivity index (χ0) is 11.8. The van der Waals surface area contributed by atoms with Crippen molar-refractivity contribution in [2.24, 2.45) is 5.73 Å². The Balaban J connectivity index is 2.50. The summed E-state index contributed by atoms with van der Waals surface area (Å²) in [5.74, 6) is -0.623. The topological polar surface area (TPSA) is 46.2 Å². The lowest BCUT2D eigenvalue weighted by Gasteiger charge is -2.28. The van der Waals surface area contributed by atoms with Crippen molar-refractivity contribution < 1.29 is 9.50 Å². The first kappa shape index (κ1) is 11.7. The van der Waals surface area contributed by atoms with Gasteiger partial charge in [-0.25, -0.2) is 4.39 Å². The number of hydrogen-bond acceptors (Lipinski definition) is 2. The van der Waals surface area contributed by atoms with Crippen LogP contribution in [0.2, 0.25) is 5.02 Å². The van der Waals surface area contributed by atoms with Crippen LogP contribution in [0.5, 0.6) is 5.75 Å². The van der Waals surface area contributed by atoms with Crippen LogP contribution in [0.1, 0.15) is 31.2 Å². The summed E-state index contributed by atoms with van der Waals surface area (Å²) in [6.45, 7) is 0.461. The largest absolute Gasteiger partial charge is 0.508 e. The van der Waals surface area contributed by atoms with Gasteiger partial charge >= 0.3 is 0 Å². The summed E-state index contributed by atoms with van der Waals surface area (Å²) >= 11 is 5.76. The predicted molar refractivity (Wildman–Crippen MR) is 62.3 cm³/mol. The second kappa shape index (κ2) is 4.22. The highest BCUT2D eigenvalue weighted by Crippen LogP contribution is 2.44. The van der Waals surface area contributed by atoms with Gasteiger partial charge in [0.25, 0.3) is 0 Å². The molecule has 1 aromatic rings. The molecule has 0 aromatic heterocycles. The van der Waals surface area contributed by atoms with Crippen molar-refractivity contribution in [2.45, 2.75) is 31.1 Å². The first-order valence-electron chi connectivity index (χ1n) is 5.48. The molecular weight excluding hydrogens is 229 g/mol. The predicted octanol–water partition coefficient (Wildman–Crippen LogP) is 2.96. The molecular formula is C12H15ClFNO. The Morgan fingerprint density at radius 1 is 1.38 bits per heavy atom. The van der Waals surface area contributed by atoms with Gasteiger partial charge < -0.3 is 10.8 Å². The molecule has 0 aliphatic heterocycles. The van der Waals surface area contributed by atoms with Crippen molar-refractivity contribution in [2.75, 3.05) is 6.54 Å². The van der Waals surface area contributed by atoms with Gasteiger partial charge in [-0.05, 0) is 18.9 Å². The van der Waals surface area contributed by atoms with Crippen LogP contribution < -0.4 is 5.73 Å². The number of rotatable bonds is 2. The van der Waals surface area contributed by atoms with Gasteiger partial charge in [0, 0.05) is 23.6 Å². The van der Waals surface area contributed by atoms with E-state index >= 15 is 0 Å². The molecule has 16 heavy (non-hydrogen) atoms. The third-order valence-electron chi connectivity index (χ3n) is 3.56. The Hall–Kier alpha value is -0.800. The molecule has 4 heteroatoms. The number of phenols is 1. The standard InChI is InChI=1S/C12H15ClFNO/c13-9-5-8(11(16)6-10(9)14)12(7-15)3-1-2-4-12/h5-6,16H,1-4,7,15H2. The van der Waals surface area contributed by atoms with E-state index in [1.54, 1.807) is 0 Å². The minimum absolute atomic E-state index is 0.0331. The molecule has 0 spiro atoms. The molecule has 1 aliphatic carbocycles. The summed E-state index contributed by atoms with van der Waals surface area (Å²) in [5.41, 5.74) is 6.28. The molecule has 1 saturated carbocycles. The summed E-state index contributed by atoms with van der Waals surface area (Å²) in [6.07, 6.45) is 4.04. The first-order chi connectivity index (χ1) is 7.59.